The largest absolute Gasteiger partial charge is 0.462 e. The maximum absolute atomic E-state index is 11.6. The standard InChI is InChI=1S/C18H24N2O3.2ClH/c1-3-22-18(21)15-7-5-14(6-8-15)17-10-9-16(23-17)13-20-12-4-11-19-2;;/h5-10,19-20H,3-4,11-13H2,1-2H3;2*1H. The minimum Gasteiger partial charge on any atom is -0.462 e. The van der Waals surface area contributed by atoms with Crippen LogP contribution < -0.4 is 10.6 Å². The SMILES string of the molecule is CCOC(=O)c1ccc(-c2ccc(CNCCCNC)o2)cc1.Cl.Cl. The number of carbonyl (C=O) groups excluding carboxylic acids is 1. The zero-order chi connectivity index (χ0) is 16.5. The molecule has 0 aliphatic heterocycles. The van der Waals surface area contributed by atoms with Crippen LogP contribution >= 0.6 is 24.8 Å². The monoisotopic (exact) mass is 388 g/mol. The van der Waals surface area contributed by atoms with Crippen LogP contribution in [0.15, 0.2) is 40.8 Å². The van der Waals surface area contributed by atoms with Crippen LogP contribution in [0.1, 0.15) is 29.5 Å². The first-order chi connectivity index (χ1) is 11.2. The predicted molar refractivity (Wildman–Crippen MR) is 105 cm³/mol. The molecule has 0 fully saturated rings. The maximum Gasteiger partial charge on any atom is 0.338 e. The molecular formula is C18H26Cl2N2O3. The summed E-state index contributed by atoms with van der Waals surface area (Å²) in [6.07, 6.45) is 1.08. The number of furan rings is 1. The second-order valence-electron chi connectivity index (χ2n) is 5.20. The molecule has 0 bridgehead atoms. The number of ether oxygens (including phenoxy) is 1. The van der Waals surface area contributed by atoms with Gasteiger partial charge in [0.15, 0.2) is 0 Å². The molecule has 0 aliphatic rings. The zero-order valence-corrected chi connectivity index (χ0v) is 16.2. The Kier molecular flexibility index (Phi) is 12.0. The first-order valence-electron chi connectivity index (χ1n) is 7.96. The minimum absolute atomic E-state index is 0. The fourth-order valence-electron chi connectivity index (χ4n) is 2.21. The van der Waals surface area contributed by atoms with Gasteiger partial charge in [0.2, 0.25) is 0 Å². The number of nitrogens with one attached hydrogen (secondary N) is 2. The molecule has 2 N–H and O–H groups in total. The molecule has 0 saturated carbocycles. The number of hydrogen-bond acceptors (Lipinski definition) is 5. The van der Waals surface area contributed by atoms with E-state index in [1.165, 1.54) is 0 Å². The second kappa shape index (κ2) is 12.8. The van der Waals surface area contributed by atoms with Gasteiger partial charge in [0.05, 0.1) is 18.7 Å². The van der Waals surface area contributed by atoms with E-state index in [-0.39, 0.29) is 30.8 Å². The molecule has 0 saturated heterocycles. The Bertz CT molecular complexity index is 615. The fraction of sp³-hybridized carbons (Fsp3) is 0.389. The number of hydrogen-bond donors (Lipinski definition) is 2. The number of benzene rings is 1. The third-order valence-corrected chi connectivity index (χ3v) is 3.42. The second-order valence-corrected chi connectivity index (χ2v) is 5.20. The van der Waals surface area contributed by atoms with E-state index in [1.807, 2.05) is 31.3 Å². The van der Waals surface area contributed by atoms with Crippen molar-refractivity contribution in [2.45, 2.75) is 19.9 Å². The van der Waals surface area contributed by atoms with Gasteiger partial charge in [-0.2, -0.15) is 0 Å². The van der Waals surface area contributed by atoms with Crippen LogP contribution in [-0.2, 0) is 11.3 Å². The summed E-state index contributed by atoms with van der Waals surface area (Å²) >= 11 is 0. The van der Waals surface area contributed by atoms with Crippen LogP contribution in [-0.4, -0.2) is 32.7 Å². The lowest BCUT2D eigenvalue weighted by Crippen LogP contribution is -2.19. The molecule has 140 valence electrons. The zero-order valence-electron chi connectivity index (χ0n) is 14.5. The Balaban J connectivity index is 0.00000288. The highest BCUT2D eigenvalue weighted by atomic mass is 35.5. The third-order valence-electron chi connectivity index (χ3n) is 3.42. The fourth-order valence-corrected chi connectivity index (χ4v) is 2.21. The van der Waals surface area contributed by atoms with E-state index in [1.54, 1.807) is 19.1 Å². The molecule has 5 nitrogen and oxygen atoms in total. The van der Waals surface area contributed by atoms with Crippen LogP contribution in [0.2, 0.25) is 0 Å². The van der Waals surface area contributed by atoms with Gasteiger partial charge < -0.3 is 19.8 Å². The highest BCUT2D eigenvalue weighted by molar-refractivity contribution is 5.89. The Hall–Kier alpha value is -1.53. The molecule has 1 aromatic heterocycles. The van der Waals surface area contributed by atoms with E-state index in [0.717, 1.165) is 36.6 Å². The predicted octanol–water partition coefficient (Wildman–Crippen LogP) is 3.67. The van der Waals surface area contributed by atoms with Crippen molar-refractivity contribution in [3.8, 4) is 11.3 Å². The smallest absolute Gasteiger partial charge is 0.338 e. The van der Waals surface area contributed by atoms with Crippen molar-refractivity contribution in [3.63, 3.8) is 0 Å². The summed E-state index contributed by atoms with van der Waals surface area (Å²) in [6.45, 7) is 4.84. The van der Waals surface area contributed by atoms with Crippen molar-refractivity contribution in [2.24, 2.45) is 0 Å². The quantitative estimate of drug-likeness (QED) is 0.506. The highest BCUT2D eigenvalue weighted by Gasteiger charge is 2.08. The Labute approximate surface area is 161 Å². The summed E-state index contributed by atoms with van der Waals surface area (Å²) in [5.41, 5.74) is 1.49. The van der Waals surface area contributed by atoms with E-state index in [0.29, 0.717) is 18.7 Å². The van der Waals surface area contributed by atoms with Crippen molar-refractivity contribution in [3.05, 3.63) is 47.7 Å². The van der Waals surface area contributed by atoms with Gasteiger partial charge in [0, 0.05) is 5.56 Å². The molecule has 0 unspecified atom stereocenters. The van der Waals surface area contributed by atoms with Crippen molar-refractivity contribution >= 4 is 30.8 Å². The normalized spacial score (nSPS) is 9.84. The van der Waals surface area contributed by atoms with E-state index < -0.39 is 0 Å². The minimum atomic E-state index is -0.301. The average molecular weight is 389 g/mol. The lowest BCUT2D eigenvalue weighted by atomic mass is 10.1. The molecule has 0 atom stereocenters. The lowest BCUT2D eigenvalue weighted by Gasteiger charge is -2.03. The van der Waals surface area contributed by atoms with Crippen LogP contribution in [0.3, 0.4) is 0 Å². The molecular weight excluding hydrogens is 363 g/mol. The summed E-state index contributed by atoms with van der Waals surface area (Å²) in [4.78, 5) is 11.6. The summed E-state index contributed by atoms with van der Waals surface area (Å²) in [5.74, 6) is 1.40. The molecule has 1 aromatic carbocycles. The highest BCUT2D eigenvalue weighted by Crippen LogP contribution is 2.22. The number of rotatable bonds is 9. The average Bonchev–Trinajstić information content (AvgIpc) is 3.04. The molecule has 2 rings (SSSR count). The van der Waals surface area contributed by atoms with Crippen LogP contribution in [0, 0.1) is 0 Å². The molecule has 0 aliphatic carbocycles. The van der Waals surface area contributed by atoms with Crippen molar-refractivity contribution in [1.29, 1.82) is 0 Å². The summed E-state index contributed by atoms with van der Waals surface area (Å²) in [6, 6.07) is 11.2. The van der Waals surface area contributed by atoms with Gasteiger partial charge in [-0.15, -0.1) is 24.8 Å². The topological polar surface area (TPSA) is 63.5 Å². The Morgan fingerprint density at radius 1 is 1.08 bits per heavy atom. The summed E-state index contributed by atoms with van der Waals surface area (Å²) < 4.78 is 10.8. The van der Waals surface area contributed by atoms with Gasteiger partial charge in [-0.1, -0.05) is 12.1 Å². The van der Waals surface area contributed by atoms with Gasteiger partial charge >= 0.3 is 5.97 Å². The van der Waals surface area contributed by atoms with Gasteiger partial charge in [-0.3, -0.25) is 0 Å². The molecule has 25 heavy (non-hydrogen) atoms. The molecule has 0 radical (unpaired) electrons. The number of esters is 1. The molecule has 7 heteroatoms. The van der Waals surface area contributed by atoms with Gasteiger partial charge in [0.1, 0.15) is 11.5 Å². The molecule has 0 amide bonds. The maximum atomic E-state index is 11.6. The number of halogens is 2. The van der Waals surface area contributed by atoms with Crippen molar-refractivity contribution in [1.82, 2.24) is 10.6 Å². The molecule has 0 spiro atoms. The van der Waals surface area contributed by atoms with Crippen molar-refractivity contribution in [2.75, 3.05) is 26.7 Å². The van der Waals surface area contributed by atoms with E-state index >= 15 is 0 Å². The molecule has 2 aromatic rings. The Morgan fingerprint density at radius 3 is 2.44 bits per heavy atom. The van der Waals surface area contributed by atoms with Gasteiger partial charge in [-0.05, 0) is 57.7 Å². The van der Waals surface area contributed by atoms with Crippen LogP contribution in [0.4, 0.5) is 0 Å². The van der Waals surface area contributed by atoms with Gasteiger partial charge in [-0.25, -0.2) is 4.79 Å². The van der Waals surface area contributed by atoms with Crippen LogP contribution in [0.25, 0.3) is 11.3 Å². The van der Waals surface area contributed by atoms with Crippen molar-refractivity contribution < 1.29 is 13.9 Å². The summed E-state index contributed by atoms with van der Waals surface area (Å²) in [7, 11) is 1.95. The summed E-state index contributed by atoms with van der Waals surface area (Å²) in [5, 5.41) is 6.46. The van der Waals surface area contributed by atoms with E-state index in [9.17, 15) is 4.79 Å². The first kappa shape index (κ1) is 23.5. The molecule has 1 heterocycles. The Morgan fingerprint density at radius 2 is 1.80 bits per heavy atom. The lowest BCUT2D eigenvalue weighted by molar-refractivity contribution is 0.0526. The number of carbonyl (C=O) groups is 1. The van der Waals surface area contributed by atoms with E-state index in [4.69, 9.17) is 9.15 Å². The van der Waals surface area contributed by atoms with Gasteiger partial charge in [0.25, 0.3) is 0 Å². The third kappa shape index (κ3) is 7.48. The first-order valence-corrected chi connectivity index (χ1v) is 7.96. The van der Waals surface area contributed by atoms with Crippen LogP contribution in [0.5, 0.6) is 0 Å². The van der Waals surface area contributed by atoms with E-state index in [2.05, 4.69) is 10.6 Å².